The first-order valence-electron chi connectivity index (χ1n) is 9.67. The molecule has 0 bridgehead atoms. The molecule has 2 amide bonds. The summed E-state index contributed by atoms with van der Waals surface area (Å²) in [6, 6.07) is 17.3. The maximum Gasteiger partial charge on any atom is 0.257 e. The summed E-state index contributed by atoms with van der Waals surface area (Å²) in [7, 11) is 0. The van der Waals surface area contributed by atoms with Crippen molar-refractivity contribution in [2.75, 3.05) is 16.8 Å². The van der Waals surface area contributed by atoms with E-state index in [4.69, 9.17) is 11.6 Å². The van der Waals surface area contributed by atoms with Gasteiger partial charge in [-0.05, 0) is 48.4 Å². The van der Waals surface area contributed by atoms with Gasteiger partial charge in [0, 0.05) is 41.6 Å². The molecule has 152 valence electrons. The third kappa shape index (κ3) is 4.28. The van der Waals surface area contributed by atoms with Crippen molar-refractivity contribution < 1.29 is 9.59 Å². The van der Waals surface area contributed by atoms with Gasteiger partial charge in [-0.15, -0.1) is 0 Å². The van der Waals surface area contributed by atoms with Gasteiger partial charge in [-0.1, -0.05) is 29.8 Å². The molecule has 0 atom stereocenters. The number of carbonyl (C=O) groups is 2. The average molecular weight is 422 g/mol. The van der Waals surface area contributed by atoms with E-state index in [0.717, 1.165) is 24.2 Å². The summed E-state index contributed by atoms with van der Waals surface area (Å²) < 4.78 is 1.46. The number of nitrogens with one attached hydrogen (secondary N) is 1. The topological polar surface area (TPSA) is 71.4 Å². The van der Waals surface area contributed by atoms with Crippen molar-refractivity contribution in [1.82, 2.24) is 4.57 Å². The van der Waals surface area contributed by atoms with E-state index in [-0.39, 0.29) is 23.9 Å². The highest BCUT2D eigenvalue weighted by atomic mass is 35.5. The number of hydrogen-bond donors (Lipinski definition) is 1. The first kappa shape index (κ1) is 19.9. The Morgan fingerprint density at radius 2 is 1.77 bits per heavy atom. The van der Waals surface area contributed by atoms with Crippen LogP contribution in [0, 0.1) is 0 Å². The van der Waals surface area contributed by atoms with Crippen molar-refractivity contribution in [3.63, 3.8) is 0 Å². The summed E-state index contributed by atoms with van der Waals surface area (Å²) in [6.07, 6.45) is 2.96. The number of anilines is 2. The molecule has 2 heterocycles. The lowest BCUT2D eigenvalue weighted by Crippen LogP contribution is -2.23. The fourth-order valence-electron chi connectivity index (χ4n) is 3.45. The molecule has 0 spiro atoms. The highest BCUT2D eigenvalue weighted by Crippen LogP contribution is 2.23. The van der Waals surface area contributed by atoms with Crippen LogP contribution >= 0.6 is 11.6 Å². The van der Waals surface area contributed by atoms with Gasteiger partial charge in [-0.3, -0.25) is 14.4 Å². The van der Waals surface area contributed by atoms with Crippen LogP contribution in [-0.2, 0) is 11.3 Å². The van der Waals surface area contributed by atoms with Crippen LogP contribution in [0.25, 0.3) is 0 Å². The number of pyridine rings is 1. The van der Waals surface area contributed by atoms with Crippen LogP contribution in [0.4, 0.5) is 11.4 Å². The Morgan fingerprint density at radius 3 is 2.47 bits per heavy atom. The molecule has 1 saturated heterocycles. The molecule has 0 saturated carbocycles. The van der Waals surface area contributed by atoms with Gasteiger partial charge in [0.25, 0.3) is 11.5 Å². The average Bonchev–Trinajstić information content (AvgIpc) is 3.17. The number of amides is 2. The minimum Gasteiger partial charge on any atom is -0.322 e. The van der Waals surface area contributed by atoms with Crippen molar-refractivity contribution >= 4 is 34.8 Å². The molecular formula is C23H20ClN3O3. The van der Waals surface area contributed by atoms with E-state index in [1.807, 2.05) is 30.3 Å². The van der Waals surface area contributed by atoms with Crippen LogP contribution in [0.5, 0.6) is 0 Å². The molecule has 0 aliphatic carbocycles. The summed E-state index contributed by atoms with van der Waals surface area (Å²) in [6.45, 7) is 0.996. The Labute approximate surface area is 178 Å². The Bertz CT molecular complexity index is 1150. The van der Waals surface area contributed by atoms with Gasteiger partial charge >= 0.3 is 0 Å². The van der Waals surface area contributed by atoms with Gasteiger partial charge in [0.15, 0.2) is 0 Å². The maximum absolute atomic E-state index is 12.7. The summed E-state index contributed by atoms with van der Waals surface area (Å²) in [5.41, 5.74) is 2.38. The molecule has 2 aromatic carbocycles. The summed E-state index contributed by atoms with van der Waals surface area (Å²) >= 11 is 6.19. The largest absolute Gasteiger partial charge is 0.322 e. The van der Waals surface area contributed by atoms with Crippen molar-refractivity contribution in [2.45, 2.75) is 19.4 Å². The molecule has 30 heavy (non-hydrogen) atoms. The van der Waals surface area contributed by atoms with Crippen LogP contribution in [-0.4, -0.2) is 22.9 Å². The first-order chi connectivity index (χ1) is 14.5. The molecule has 7 heteroatoms. The van der Waals surface area contributed by atoms with E-state index in [2.05, 4.69) is 5.32 Å². The molecule has 0 radical (unpaired) electrons. The normalized spacial score (nSPS) is 13.5. The number of nitrogens with zero attached hydrogens (tertiary/aromatic N) is 2. The van der Waals surface area contributed by atoms with Crippen LogP contribution in [0.15, 0.2) is 71.7 Å². The second-order valence-corrected chi connectivity index (χ2v) is 7.53. The zero-order valence-corrected chi connectivity index (χ0v) is 16.9. The SMILES string of the molecule is O=C(Nc1ccc(N2CCCC2=O)cc1)c1ccc(=O)n(Cc2ccccc2Cl)c1. The number of hydrogen-bond acceptors (Lipinski definition) is 3. The molecule has 4 rings (SSSR count). The van der Waals surface area contributed by atoms with E-state index in [1.165, 1.54) is 22.9 Å². The zero-order valence-electron chi connectivity index (χ0n) is 16.2. The predicted molar refractivity (Wildman–Crippen MR) is 117 cm³/mol. The van der Waals surface area contributed by atoms with E-state index < -0.39 is 0 Å². The smallest absolute Gasteiger partial charge is 0.257 e. The van der Waals surface area contributed by atoms with E-state index in [0.29, 0.717) is 22.7 Å². The molecule has 3 aromatic rings. The maximum atomic E-state index is 12.7. The lowest BCUT2D eigenvalue weighted by atomic mass is 10.2. The van der Waals surface area contributed by atoms with E-state index in [1.54, 1.807) is 23.1 Å². The highest BCUT2D eigenvalue weighted by molar-refractivity contribution is 6.31. The summed E-state index contributed by atoms with van der Waals surface area (Å²) in [5, 5.41) is 3.39. The highest BCUT2D eigenvalue weighted by Gasteiger charge is 2.21. The minimum atomic E-state index is -0.326. The molecular weight excluding hydrogens is 402 g/mol. The standard InChI is InChI=1S/C23H20ClN3O3/c24-20-5-2-1-4-16(20)14-26-15-17(7-12-21(26)28)23(30)25-18-8-10-19(11-9-18)27-13-3-6-22(27)29/h1-2,4-5,7-12,15H,3,6,13-14H2,(H,25,30). The van der Waals surface area contributed by atoms with Crippen LogP contribution in [0.2, 0.25) is 5.02 Å². The van der Waals surface area contributed by atoms with Gasteiger partial charge < -0.3 is 14.8 Å². The third-order valence-corrected chi connectivity index (χ3v) is 5.42. The van der Waals surface area contributed by atoms with Gasteiger partial charge in [0.1, 0.15) is 0 Å². The second-order valence-electron chi connectivity index (χ2n) is 7.13. The Kier molecular flexibility index (Phi) is 5.68. The van der Waals surface area contributed by atoms with E-state index >= 15 is 0 Å². The monoisotopic (exact) mass is 421 g/mol. The predicted octanol–water partition coefficient (Wildman–Crippen LogP) is 3.93. The molecule has 6 nitrogen and oxygen atoms in total. The summed E-state index contributed by atoms with van der Waals surface area (Å²) in [4.78, 5) is 38.5. The molecule has 1 N–H and O–H groups in total. The quantitative estimate of drug-likeness (QED) is 0.678. The molecule has 1 aliphatic heterocycles. The minimum absolute atomic E-state index is 0.118. The second kappa shape index (κ2) is 8.55. The molecule has 1 fully saturated rings. The third-order valence-electron chi connectivity index (χ3n) is 5.05. The fraction of sp³-hybridized carbons (Fsp3) is 0.174. The molecule has 1 aliphatic rings. The number of halogens is 1. The van der Waals surface area contributed by atoms with Crippen molar-refractivity contribution in [3.05, 3.63) is 93.4 Å². The lowest BCUT2D eigenvalue weighted by Gasteiger charge is -2.16. The molecule has 1 aromatic heterocycles. The first-order valence-corrected chi connectivity index (χ1v) is 10.0. The van der Waals surface area contributed by atoms with Crippen LogP contribution in [0.1, 0.15) is 28.8 Å². The lowest BCUT2D eigenvalue weighted by molar-refractivity contribution is -0.117. The van der Waals surface area contributed by atoms with Gasteiger partial charge in [-0.2, -0.15) is 0 Å². The van der Waals surface area contributed by atoms with Crippen molar-refractivity contribution in [1.29, 1.82) is 0 Å². The molecule has 0 unspecified atom stereocenters. The van der Waals surface area contributed by atoms with Crippen molar-refractivity contribution in [2.24, 2.45) is 0 Å². The van der Waals surface area contributed by atoms with Gasteiger partial charge in [-0.25, -0.2) is 0 Å². The van der Waals surface area contributed by atoms with E-state index in [9.17, 15) is 14.4 Å². The van der Waals surface area contributed by atoms with Crippen LogP contribution < -0.4 is 15.8 Å². The number of carbonyl (C=O) groups excluding carboxylic acids is 2. The van der Waals surface area contributed by atoms with Crippen LogP contribution in [0.3, 0.4) is 0 Å². The number of aromatic nitrogens is 1. The number of benzene rings is 2. The Balaban J connectivity index is 1.49. The Morgan fingerprint density at radius 1 is 1.00 bits per heavy atom. The Hall–Kier alpha value is -3.38. The summed E-state index contributed by atoms with van der Waals surface area (Å²) in [5.74, 6) is -0.208. The van der Waals surface area contributed by atoms with Gasteiger partial charge in [0.05, 0.1) is 12.1 Å². The number of rotatable bonds is 5. The van der Waals surface area contributed by atoms with Gasteiger partial charge in [0.2, 0.25) is 5.91 Å². The fourth-order valence-corrected chi connectivity index (χ4v) is 3.64. The van der Waals surface area contributed by atoms with Crippen molar-refractivity contribution in [3.8, 4) is 0 Å². The zero-order chi connectivity index (χ0) is 21.1.